The lowest BCUT2D eigenvalue weighted by molar-refractivity contribution is 0.188. The summed E-state index contributed by atoms with van der Waals surface area (Å²) in [7, 11) is 3.75. The van der Waals surface area contributed by atoms with Gasteiger partial charge in [-0.2, -0.15) is 5.10 Å². The van der Waals surface area contributed by atoms with Gasteiger partial charge in [-0.25, -0.2) is 0 Å². The predicted octanol–water partition coefficient (Wildman–Crippen LogP) is 1.98. The standard InChI is InChI=1S/C12H23N3O/c1-4-9-15-12(7-8-14-15)11(13-2)6-5-10-16-3/h7-8,11,13H,4-6,9-10H2,1-3H3. The molecule has 0 saturated heterocycles. The van der Waals surface area contributed by atoms with Gasteiger partial charge >= 0.3 is 0 Å². The Hall–Kier alpha value is -0.870. The third-order valence-corrected chi connectivity index (χ3v) is 2.73. The summed E-state index contributed by atoms with van der Waals surface area (Å²) in [6.07, 6.45) is 5.15. The van der Waals surface area contributed by atoms with Crippen LogP contribution in [-0.2, 0) is 11.3 Å². The number of hydrogen-bond donors (Lipinski definition) is 1. The minimum Gasteiger partial charge on any atom is -0.385 e. The molecule has 0 fully saturated rings. The molecular weight excluding hydrogens is 202 g/mol. The maximum absolute atomic E-state index is 5.08. The molecule has 0 amide bonds. The van der Waals surface area contributed by atoms with Gasteiger partial charge in [-0.1, -0.05) is 6.92 Å². The monoisotopic (exact) mass is 225 g/mol. The Bertz CT molecular complexity index is 286. The van der Waals surface area contributed by atoms with E-state index in [0.29, 0.717) is 6.04 Å². The fourth-order valence-corrected chi connectivity index (χ4v) is 1.91. The van der Waals surface area contributed by atoms with E-state index in [9.17, 15) is 0 Å². The number of methoxy groups -OCH3 is 1. The Kier molecular flexibility index (Phi) is 6.11. The van der Waals surface area contributed by atoms with E-state index in [1.807, 2.05) is 13.2 Å². The zero-order chi connectivity index (χ0) is 11.8. The van der Waals surface area contributed by atoms with Crippen molar-refractivity contribution in [3.8, 4) is 0 Å². The molecule has 0 bridgehead atoms. The second-order valence-electron chi connectivity index (χ2n) is 3.96. The summed E-state index contributed by atoms with van der Waals surface area (Å²) in [5, 5.41) is 7.69. The summed E-state index contributed by atoms with van der Waals surface area (Å²) < 4.78 is 7.17. The average Bonchev–Trinajstić information content (AvgIpc) is 2.73. The molecule has 16 heavy (non-hydrogen) atoms. The Morgan fingerprint density at radius 1 is 1.56 bits per heavy atom. The highest BCUT2D eigenvalue weighted by Gasteiger charge is 2.13. The van der Waals surface area contributed by atoms with Crippen LogP contribution in [0.2, 0.25) is 0 Å². The van der Waals surface area contributed by atoms with Gasteiger partial charge < -0.3 is 10.1 Å². The average molecular weight is 225 g/mol. The van der Waals surface area contributed by atoms with Crippen LogP contribution < -0.4 is 5.32 Å². The van der Waals surface area contributed by atoms with Gasteiger partial charge in [-0.15, -0.1) is 0 Å². The highest BCUT2D eigenvalue weighted by molar-refractivity contribution is 5.06. The van der Waals surface area contributed by atoms with Crippen LogP contribution in [0.15, 0.2) is 12.3 Å². The normalized spacial score (nSPS) is 12.9. The first-order chi connectivity index (χ1) is 7.83. The van der Waals surface area contributed by atoms with Crippen molar-refractivity contribution in [3.05, 3.63) is 18.0 Å². The number of rotatable bonds is 8. The van der Waals surface area contributed by atoms with Gasteiger partial charge in [-0.3, -0.25) is 4.68 Å². The van der Waals surface area contributed by atoms with Crippen molar-refractivity contribution in [3.63, 3.8) is 0 Å². The molecule has 1 heterocycles. The summed E-state index contributed by atoms with van der Waals surface area (Å²) in [5.41, 5.74) is 1.28. The van der Waals surface area contributed by atoms with Crippen molar-refractivity contribution >= 4 is 0 Å². The van der Waals surface area contributed by atoms with Gasteiger partial charge in [0.2, 0.25) is 0 Å². The van der Waals surface area contributed by atoms with Crippen LogP contribution in [0.4, 0.5) is 0 Å². The Labute approximate surface area is 98.0 Å². The van der Waals surface area contributed by atoms with Gasteiger partial charge in [0.15, 0.2) is 0 Å². The third kappa shape index (κ3) is 3.61. The highest BCUT2D eigenvalue weighted by atomic mass is 16.5. The smallest absolute Gasteiger partial charge is 0.0553 e. The van der Waals surface area contributed by atoms with E-state index >= 15 is 0 Å². The largest absolute Gasteiger partial charge is 0.385 e. The summed E-state index contributed by atoms with van der Waals surface area (Å²) in [6, 6.07) is 2.48. The molecule has 0 saturated carbocycles. The molecule has 1 N–H and O–H groups in total. The van der Waals surface area contributed by atoms with Crippen LogP contribution in [0.25, 0.3) is 0 Å². The van der Waals surface area contributed by atoms with E-state index < -0.39 is 0 Å². The van der Waals surface area contributed by atoms with Crippen LogP contribution in [0.3, 0.4) is 0 Å². The summed E-state index contributed by atoms with van der Waals surface area (Å²) >= 11 is 0. The second kappa shape index (κ2) is 7.41. The molecule has 92 valence electrons. The van der Waals surface area contributed by atoms with E-state index in [4.69, 9.17) is 4.74 Å². The number of aryl methyl sites for hydroxylation is 1. The molecule has 1 aromatic rings. The van der Waals surface area contributed by atoms with Crippen molar-refractivity contribution in [2.24, 2.45) is 0 Å². The lowest BCUT2D eigenvalue weighted by atomic mass is 10.1. The van der Waals surface area contributed by atoms with Crippen LogP contribution in [0, 0.1) is 0 Å². The fraction of sp³-hybridized carbons (Fsp3) is 0.750. The first kappa shape index (κ1) is 13.2. The first-order valence-electron chi connectivity index (χ1n) is 6.01. The molecule has 0 radical (unpaired) electrons. The first-order valence-corrected chi connectivity index (χ1v) is 6.01. The lowest BCUT2D eigenvalue weighted by Crippen LogP contribution is -2.21. The molecule has 1 rings (SSSR count). The highest BCUT2D eigenvalue weighted by Crippen LogP contribution is 2.17. The molecular formula is C12H23N3O. The Balaban J connectivity index is 2.59. The van der Waals surface area contributed by atoms with Gasteiger partial charge in [0.05, 0.1) is 5.69 Å². The maximum atomic E-state index is 5.08. The van der Waals surface area contributed by atoms with Gasteiger partial charge in [0, 0.05) is 32.5 Å². The van der Waals surface area contributed by atoms with Crippen molar-refractivity contribution < 1.29 is 4.74 Å². The van der Waals surface area contributed by atoms with Gasteiger partial charge in [0.1, 0.15) is 0 Å². The third-order valence-electron chi connectivity index (χ3n) is 2.73. The summed E-state index contributed by atoms with van der Waals surface area (Å²) in [4.78, 5) is 0. The zero-order valence-electron chi connectivity index (χ0n) is 10.6. The number of nitrogens with zero attached hydrogens (tertiary/aromatic N) is 2. The van der Waals surface area contributed by atoms with E-state index in [1.54, 1.807) is 7.11 Å². The minimum absolute atomic E-state index is 0.379. The lowest BCUT2D eigenvalue weighted by Gasteiger charge is -2.17. The summed E-state index contributed by atoms with van der Waals surface area (Å²) in [6.45, 7) is 3.98. The second-order valence-corrected chi connectivity index (χ2v) is 3.96. The molecule has 1 aromatic heterocycles. The molecule has 1 unspecified atom stereocenters. The molecule has 4 nitrogen and oxygen atoms in total. The number of hydrogen-bond acceptors (Lipinski definition) is 3. The Morgan fingerprint density at radius 2 is 2.38 bits per heavy atom. The van der Waals surface area contributed by atoms with Crippen LogP contribution >= 0.6 is 0 Å². The van der Waals surface area contributed by atoms with E-state index in [-0.39, 0.29) is 0 Å². The number of ether oxygens (including phenoxy) is 1. The van der Waals surface area contributed by atoms with Crippen LogP contribution in [-0.4, -0.2) is 30.5 Å². The molecule has 0 aliphatic rings. The molecule has 0 aliphatic carbocycles. The quantitative estimate of drug-likeness (QED) is 0.688. The van der Waals surface area contributed by atoms with Crippen molar-refractivity contribution in [2.45, 2.75) is 38.8 Å². The van der Waals surface area contributed by atoms with Gasteiger partial charge in [0.25, 0.3) is 0 Å². The SMILES string of the molecule is CCCn1nccc1C(CCCOC)NC. The minimum atomic E-state index is 0.379. The molecule has 1 atom stereocenters. The van der Waals surface area contributed by atoms with E-state index in [0.717, 1.165) is 32.4 Å². The van der Waals surface area contributed by atoms with Crippen molar-refractivity contribution in [2.75, 3.05) is 20.8 Å². The topological polar surface area (TPSA) is 39.1 Å². The Morgan fingerprint density at radius 3 is 3.00 bits per heavy atom. The zero-order valence-corrected chi connectivity index (χ0v) is 10.6. The molecule has 0 spiro atoms. The molecule has 0 aliphatic heterocycles. The van der Waals surface area contributed by atoms with Crippen LogP contribution in [0.1, 0.15) is 37.9 Å². The van der Waals surface area contributed by atoms with E-state index in [1.165, 1.54) is 5.69 Å². The molecule has 0 aromatic carbocycles. The van der Waals surface area contributed by atoms with Crippen molar-refractivity contribution in [1.82, 2.24) is 15.1 Å². The molecule has 4 heteroatoms. The van der Waals surface area contributed by atoms with Crippen molar-refractivity contribution in [1.29, 1.82) is 0 Å². The van der Waals surface area contributed by atoms with E-state index in [2.05, 4.69) is 28.1 Å². The maximum Gasteiger partial charge on any atom is 0.0553 e. The van der Waals surface area contributed by atoms with Crippen LogP contribution in [0.5, 0.6) is 0 Å². The number of aromatic nitrogens is 2. The summed E-state index contributed by atoms with van der Waals surface area (Å²) in [5.74, 6) is 0. The predicted molar refractivity (Wildman–Crippen MR) is 65.4 cm³/mol. The fourth-order valence-electron chi connectivity index (χ4n) is 1.91. The van der Waals surface area contributed by atoms with Gasteiger partial charge in [-0.05, 0) is 32.4 Å². The number of nitrogens with one attached hydrogen (secondary N) is 1.